The zero-order valence-electron chi connectivity index (χ0n) is 15.4. The summed E-state index contributed by atoms with van der Waals surface area (Å²) in [6, 6.07) is 11.5. The number of pyridine rings is 1. The SMILES string of the molecule is Cc1cc(C(=O)NCc2cccnc2)c(C)n1-c1ccc2c(c1)OCCO2. The molecule has 4 rings (SSSR count). The van der Waals surface area contributed by atoms with Crippen molar-refractivity contribution in [3.8, 4) is 17.2 Å². The van der Waals surface area contributed by atoms with Gasteiger partial charge in [0.15, 0.2) is 11.5 Å². The van der Waals surface area contributed by atoms with E-state index in [1.807, 2.05) is 50.2 Å². The molecule has 0 radical (unpaired) electrons. The maximum atomic E-state index is 12.7. The Morgan fingerprint density at radius 3 is 2.74 bits per heavy atom. The van der Waals surface area contributed by atoms with Crippen molar-refractivity contribution in [3.05, 3.63) is 71.3 Å². The molecule has 138 valence electrons. The average Bonchev–Trinajstić information content (AvgIpc) is 3.00. The van der Waals surface area contributed by atoms with E-state index in [1.165, 1.54) is 0 Å². The van der Waals surface area contributed by atoms with Crippen LogP contribution in [0.5, 0.6) is 11.5 Å². The van der Waals surface area contributed by atoms with Gasteiger partial charge in [0.05, 0.1) is 5.56 Å². The van der Waals surface area contributed by atoms with Crippen LogP contribution in [-0.4, -0.2) is 28.7 Å². The molecule has 6 nitrogen and oxygen atoms in total. The molecule has 2 aromatic heterocycles. The first-order valence-electron chi connectivity index (χ1n) is 8.89. The molecule has 6 heteroatoms. The minimum absolute atomic E-state index is 0.101. The van der Waals surface area contributed by atoms with Gasteiger partial charge in [0.2, 0.25) is 0 Å². The Bertz CT molecular complexity index is 980. The quantitative estimate of drug-likeness (QED) is 0.773. The Labute approximate surface area is 157 Å². The summed E-state index contributed by atoms with van der Waals surface area (Å²) < 4.78 is 13.3. The monoisotopic (exact) mass is 363 g/mol. The van der Waals surface area contributed by atoms with Crippen LogP contribution in [0.3, 0.4) is 0 Å². The van der Waals surface area contributed by atoms with E-state index < -0.39 is 0 Å². The van der Waals surface area contributed by atoms with Crippen LogP contribution in [-0.2, 0) is 6.54 Å². The van der Waals surface area contributed by atoms with Crippen molar-refractivity contribution in [1.82, 2.24) is 14.9 Å². The van der Waals surface area contributed by atoms with Gasteiger partial charge in [-0.2, -0.15) is 0 Å². The van der Waals surface area contributed by atoms with E-state index in [1.54, 1.807) is 12.4 Å². The molecule has 0 saturated carbocycles. The molecule has 0 fully saturated rings. The van der Waals surface area contributed by atoms with Crippen molar-refractivity contribution >= 4 is 5.91 Å². The summed E-state index contributed by atoms with van der Waals surface area (Å²) in [5.74, 6) is 1.38. The number of hydrogen-bond acceptors (Lipinski definition) is 4. The van der Waals surface area contributed by atoms with Crippen molar-refractivity contribution in [3.63, 3.8) is 0 Å². The van der Waals surface area contributed by atoms with Gasteiger partial charge in [0, 0.05) is 42.1 Å². The second kappa shape index (κ2) is 7.15. The van der Waals surface area contributed by atoms with E-state index in [9.17, 15) is 4.79 Å². The number of aryl methyl sites for hydroxylation is 1. The van der Waals surface area contributed by atoms with Gasteiger partial charge in [-0.05, 0) is 43.7 Å². The average molecular weight is 363 g/mol. The van der Waals surface area contributed by atoms with Gasteiger partial charge >= 0.3 is 0 Å². The smallest absolute Gasteiger partial charge is 0.253 e. The molecule has 1 amide bonds. The van der Waals surface area contributed by atoms with E-state index in [2.05, 4.69) is 14.9 Å². The van der Waals surface area contributed by atoms with Crippen LogP contribution in [0.2, 0.25) is 0 Å². The van der Waals surface area contributed by atoms with Crippen LogP contribution in [0.1, 0.15) is 27.3 Å². The molecule has 3 heterocycles. The van der Waals surface area contributed by atoms with Crippen molar-refractivity contribution in [2.24, 2.45) is 0 Å². The molecule has 1 aromatic carbocycles. The molecule has 1 N–H and O–H groups in total. The minimum atomic E-state index is -0.101. The highest BCUT2D eigenvalue weighted by molar-refractivity contribution is 5.95. The topological polar surface area (TPSA) is 65.4 Å². The van der Waals surface area contributed by atoms with Crippen LogP contribution in [0.15, 0.2) is 48.8 Å². The van der Waals surface area contributed by atoms with E-state index in [4.69, 9.17) is 9.47 Å². The van der Waals surface area contributed by atoms with E-state index in [0.717, 1.165) is 34.1 Å². The van der Waals surface area contributed by atoms with E-state index in [-0.39, 0.29) is 5.91 Å². The predicted octanol–water partition coefficient (Wildman–Crippen LogP) is 3.19. The molecular formula is C21H21N3O3. The Morgan fingerprint density at radius 2 is 1.96 bits per heavy atom. The fourth-order valence-corrected chi connectivity index (χ4v) is 3.34. The third-order valence-electron chi connectivity index (χ3n) is 4.64. The van der Waals surface area contributed by atoms with Gasteiger partial charge in [0.25, 0.3) is 5.91 Å². The molecule has 0 unspecified atom stereocenters. The summed E-state index contributed by atoms with van der Waals surface area (Å²) >= 11 is 0. The second-order valence-corrected chi connectivity index (χ2v) is 6.49. The number of ether oxygens (including phenoxy) is 2. The van der Waals surface area contributed by atoms with Crippen LogP contribution in [0.25, 0.3) is 5.69 Å². The fourth-order valence-electron chi connectivity index (χ4n) is 3.34. The normalized spacial score (nSPS) is 12.7. The highest BCUT2D eigenvalue weighted by Gasteiger charge is 2.18. The predicted molar refractivity (Wildman–Crippen MR) is 102 cm³/mol. The van der Waals surface area contributed by atoms with Crippen LogP contribution >= 0.6 is 0 Å². The number of carbonyl (C=O) groups is 1. The fraction of sp³-hybridized carbons (Fsp3) is 0.238. The third-order valence-corrected chi connectivity index (χ3v) is 4.64. The lowest BCUT2D eigenvalue weighted by molar-refractivity contribution is 0.0950. The maximum Gasteiger partial charge on any atom is 0.253 e. The van der Waals surface area contributed by atoms with Crippen molar-refractivity contribution < 1.29 is 14.3 Å². The number of benzene rings is 1. The number of fused-ring (bicyclic) bond motifs is 1. The number of rotatable bonds is 4. The van der Waals surface area contributed by atoms with Gasteiger partial charge in [-0.15, -0.1) is 0 Å². The number of carbonyl (C=O) groups excluding carboxylic acids is 1. The van der Waals surface area contributed by atoms with E-state index >= 15 is 0 Å². The Hall–Kier alpha value is -3.28. The number of nitrogens with zero attached hydrogens (tertiary/aromatic N) is 2. The summed E-state index contributed by atoms with van der Waals surface area (Å²) in [5, 5.41) is 2.96. The van der Waals surface area contributed by atoms with Crippen molar-refractivity contribution in [2.75, 3.05) is 13.2 Å². The Balaban J connectivity index is 1.59. The van der Waals surface area contributed by atoms with Crippen molar-refractivity contribution in [1.29, 1.82) is 0 Å². The molecule has 0 atom stereocenters. The van der Waals surface area contributed by atoms with Crippen LogP contribution < -0.4 is 14.8 Å². The molecule has 1 aliphatic heterocycles. The molecule has 0 spiro atoms. The van der Waals surface area contributed by atoms with Gasteiger partial charge in [-0.3, -0.25) is 9.78 Å². The van der Waals surface area contributed by atoms with Gasteiger partial charge < -0.3 is 19.4 Å². The molecule has 0 aliphatic carbocycles. The van der Waals surface area contributed by atoms with Crippen LogP contribution in [0, 0.1) is 13.8 Å². The Morgan fingerprint density at radius 1 is 1.15 bits per heavy atom. The van der Waals surface area contributed by atoms with E-state index in [0.29, 0.717) is 25.3 Å². The molecule has 27 heavy (non-hydrogen) atoms. The highest BCUT2D eigenvalue weighted by atomic mass is 16.6. The molecule has 0 bridgehead atoms. The lowest BCUT2D eigenvalue weighted by Gasteiger charge is -2.20. The standard InChI is InChI=1S/C21H21N3O3/c1-14-10-18(21(25)23-13-16-4-3-7-22-12-16)15(2)24(14)17-5-6-19-20(11-17)27-9-8-26-19/h3-7,10-12H,8-9,13H2,1-2H3,(H,23,25). The van der Waals surface area contributed by atoms with Gasteiger partial charge in [0.1, 0.15) is 13.2 Å². The molecular weight excluding hydrogens is 342 g/mol. The summed E-state index contributed by atoms with van der Waals surface area (Å²) in [6.45, 7) is 5.49. The maximum absolute atomic E-state index is 12.7. The Kier molecular flexibility index (Phi) is 4.54. The first-order chi connectivity index (χ1) is 13.1. The summed E-state index contributed by atoms with van der Waals surface area (Å²) in [4.78, 5) is 16.7. The number of aromatic nitrogens is 2. The largest absolute Gasteiger partial charge is 0.486 e. The first kappa shape index (κ1) is 17.1. The van der Waals surface area contributed by atoms with Crippen molar-refractivity contribution in [2.45, 2.75) is 20.4 Å². The zero-order chi connectivity index (χ0) is 18.8. The lowest BCUT2D eigenvalue weighted by atomic mass is 10.2. The number of hydrogen-bond donors (Lipinski definition) is 1. The lowest BCUT2D eigenvalue weighted by Crippen LogP contribution is -2.23. The molecule has 3 aromatic rings. The third kappa shape index (κ3) is 3.38. The summed E-state index contributed by atoms with van der Waals surface area (Å²) in [7, 11) is 0. The number of nitrogens with one attached hydrogen (secondary N) is 1. The zero-order valence-corrected chi connectivity index (χ0v) is 15.4. The minimum Gasteiger partial charge on any atom is -0.486 e. The van der Waals surface area contributed by atoms with Gasteiger partial charge in [-0.25, -0.2) is 0 Å². The molecule has 1 aliphatic rings. The first-order valence-corrected chi connectivity index (χ1v) is 8.89. The van der Waals surface area contributed by atoms with Crippen LogP contribution in [0.4, 0.5) is 0 Å². The second-order valence-electron chi connectivity index (χ2n) is 6.49. The molecule has 0 saturated heterocycles. The number of amides is 1. The van der Waals surface area contributed by atoms with Gasteiger partial charge in [-0.1, -0.05) is 6.07 Å². The summed E-state index contributed by atoms with van der Waals surface area (Å²) in [5.41, 5.74) is 4.43. The summed E-state index contributed by atoms with van der Waals surface area (Å²) in [6.07, 6.45) is 3.46. The highest BCUT2D eigenvalue weighted by Crippen LogP contribution is 2.33.